The van der Waals surface area contributed by atoms with Gasteiger partial charge in [-0.15, -0.1) is 11.3 Å². The third-order valence-corrected chi connectivity index (χ3v) is 7.53. The van der Waals surface area contributed by atoms with Crippen molar-refractivity contribution in [2.75, 3.05) is 12.3 Å². The number of benzene rings is 1. The minimum atomic E-state index is -0.0695. The molecule has 4 rings (SSSR count). The molecule has 3 heterocycles. The number of aryl methyl sites for hydroxylation is 1. The molecule has 1 aromatic carbocycles. The van der Waals surface area contributed by atoms with E-state index in [1.807, 2.05) is 48.4 Å². The normalized spacial score (nSPS) is 17.1. The Morgan fingerprint density at radius 1 is 1.28 bits per heavy atom. The van der Waals surface area contributed by atoms with Gasteiger partial charge in [-0.3, -0.25) is 14.2 Å². The number of hydrogen-bond acceptors (Lipinski definition) is 5. The fraction of sp³-hybridized carbons (Fsp3) is 0.409. The van der Waals surface area contributed by atoms with Crippen LogP contribution in [-0.4, -0.2) is 38.7 Å². The number of hydrogen-bond donors (Lipinski definition) is 0. The smallest absolute Gasteiger partial charge is 0.276 e. The van der Waals surface area contributed by atoms with Crippen LogP contribution in [0, 0.1) is 13.8 Å². The quantitative estimate of drug-likeness (QED) is 0.453. The Balaban J connectivity index is 1.72. The molecule has 7 heteroatoms. The van der Waals surface area contributed by atoms with Crippen molar-refractivity contribution in [3.63, 3.8) is 0 Å². The fourth-order valence-corrected chi connectivity index (χ4v) is 5.51. The van der Waals surface area contributed by atoms with Gasteiger partial charge in [0, 0.05) is 12.6 Å². The highest BCUT2D eigenvalue weighted by Gasteiger charge is 2.24. The Bertz CT molecular complexity index is 1120. The van der Waals surface area contributed by atoms with E-state index in [1.165, 1.54) is 29.5 Å². The molecule has 1 atom stereocenters. The summed E-state index contributed by atoms with van der Waals surface area (Å²) in [7, 11) is 0. The maximum atomic E-state index is 13.3. The minimum Gasteiger partial charge on any atom is -0.339 e. The molecule has 0 spiro atoms. The molecule has 5 nitrogen and oxygen atoms in total. The Morgan fingerprint density at radius 2 is 2.10 bits per heavy atom. The molecule has 3 aromatic rings. The highest BCUT2D eigenvalue weighted by molar-refractivity contribution is 7.99. The first kappa shape index (κ1) is 20.2. The maximum absolute atomic E-state index is 13.3. The van der Waals surface area contributed by atoms with Crippen LogP contribution in [0.4, 0.5) is 0 Å². The summed E-state index contributed by atoms with van der Waals surface area (Å²) in [6, 6.07) is 8.09. The van der Waals surface area contributed by atoms with E-state index in [9.17, 15) is 9.59 Å². The molecule has 0 radical (unpaired) electrons. The molecule has 1 aliphatic heterocycles. The third-order valence-electron chi connectivity index (χ3n) is 5.71. The predicted octanol–water partition coefficient (Wildman–Crippen LogP) is 4.56. The lowest BCUT2D eigenvalue weighted by molar-refractivity contribution is -0.131. The standard InChI is InChI=1S/C22H25N3O2S2/c1-14-7-6-9-18(16(14)3)25-21(27)20-17(10-12-28-20)23-22(25)29-13-19(26)24-11-5-4-8-15(24)2/h6-7,9-10,12,15H,4-5,8,11,13H2,1-3H3. The van der Waals surface area contributed by atoms with E-state index in [-0.39, 0.29) is 23.3 Å². The van der Waals surface area contributed by atoms with Gasteiger partial charge in [0.05, 0.1) is 17.0 Å². The predicted molar refractivity (Wildman–Crippen MR) is 120 cm³/mol. The number of likely N-dealkylation sites (tertiary alicyclic amines) is 1. The van der Waals surface area contributed by atoms with Crippen LogP contribution < -0.4 is 5.56 Å². The van der Waals surface area contributed by atoms with E-state index < -0.39 is 0 Å². The number of nitrogens with zero attached hydrogens (tertiary/aromatic N) is 3. The molecule has 1 saturated heterocycles. The van der Waals surface area contributed by atoms with Gasteiger partial charge in [-0.2, -0.15) is 0 Å². The molecule has 1 unspecified atom stereocenters. The first-order valence-electron chi connectivity index (χ1n) is 9.96. The van der Waals surface area contributed by atoms with Crippen molar-refractivity contribution < 1.29 is 4.79 Å². The SMILES string of the molecule is Cc1cccc(-n2c(SCC(=O)N3CCCCC3C)nc3ccsc3c2=O)c1C. The monoisotopic (exact) mass is 427 g/mol. The first-order chi connectivity index (χ1) is 14.0. The van der Waals surface area contributed by atoms with Crippen LogP contribution in [0.25, 0.3) is 15.9 Å². The van der Waals surface area contributed by atoms with Crippen molar-refractivity contribution in [2.24, 2.45) is 0 Å². The lowest BCUT2D eigenvalue weighted by Crippen LogP contribution is -2.43. The van der Waals surface area contributed by atoms with Crippen molar-refractivity contribution in [2.45, 2.75) is 51.2 Å². The van der Waals surface area contributed by atoms with E-state index >= 15 is 0 Å². The minimum absolute atomic E-state index is 0.0695. The molecule has 0 saturated carbocycles. The van der Waals surface area contributed by atoms with Crippen molar-refractivity contribution in [3.05, 3.63) is 51.1 Å². The van der Waals surface area contributed by atoms with Gasteiger partial charge in [0.2, 0.25) is 5.91 Å². The molecule has 152 valence electrons. The summed E-state index contributed by atoms with van der Waals surface area (Å²) in [5.74, 6) is 0.409. The number of carbonyl (C=O) groups excluding carboxylic acids is 1. The number of rotatable bonds is 4. The Hall–Kier alpha value is -2.12. The molecule has 0 N–H and O–H groups in total. The first-order valence-corrected chi connectivity index (χ1v) is 11.8. The van der Waals surface area contributed by atoms with Crippen LogP contribution >= 0.6 is 23.1 Å². The van der Waals surface area contributed by atoms with Gasteiger partial charge in [-0.05, 0) is 68.7 Å². The van der Waals surface area contributed by atoms with Gasteiger partial charge in [-0.1, -0.05) is 23.9 Å². The number of fused-ring (bicyclic) bond motifs is 1. The number of amides is 1. The maximum Gasteiger partial charge on any atom is 0.276 e. The van der Waals surface area contributed by atoms with E-state index in [4.69, 9.17) is 4.98 Å². The van der Waals surface area contributed by atoms with Gasteiger partial charge in [0.15, 0.2) is 5.16 Å². The fourth-order valence-electron chi connectivity index (χ4n) is 3.86. The van der Waals surface area contributed by atoms with Gasteiger partial charge in [0.1, 0.15) is 4.70 Å². The average molecular weight is 428 g/mol. The molecule has 2 aromatic heterocycles. The van der Waals surface area contributed by atoms with Crippen LogP contribution in [0.3, 0.4) is 0 Å². The highest BCUT2D eigenvalue weighted by atomic mass is 32.2. The second-order valence-corrected chi connectivity index (χ2v) is 9.47. The lowest BCUT2D eigenvalue weighted by atomic mass is 10.0. The number of thioether (sulfide) groups is 1. The van der Waals surface area contributed by atoms with Gasteiger partial charge in [0.25, 0.3) is 5.56 Å². The van der Waals surface area contributed by atoms with E-state index in [0.29, 0.717) is 15.4 Å². The van der Waals surface area contributed by atoms with Crippen molar-refractivity contribution in [3.8, 4) is 5.69 Å². The number of thiophene rings is 1. The van der Waals surface area contributed by atoms with Crippen LogP contribution in [0.2, 0.25) is 0 Å². The van der Waals surface area contributed by atoms with Crippen LogP contribution in [0.1, 0.15) is 37.3 Å². The summed E-state index contributed by atoms with van der Waals surface area (Å²) in [6.45, 7) is 6.99. The summed E-state index contributed by atoms with van der Waals surface area (Å²) in [4.78, 5) is 32.9. The van der Waals surface area contributed by atoms with Crippen molar-refractivity contribution in [1.82, 2.24) is 14.5 Å². The molecule has 1 amide bonds. The summed E-state index contributed by atoms with van der Waals surface area (Å²) < 4.78 is 2.32. The van der Waals surface area contributed by atoms with Crippen LogP contribution in [-0.2, 0) is 4.79 Å². The molecule has 29 heavy (non-hydrogen) atoms. The second-order valence-electron chi connectivity index (χ2n) is 7.61. The molecular weight excluding hydrogens is 402 g/mol. The van der Waals surface area contributed by atoms with Crippen molar-refractivity contribution >= 4 is 39.2 Å². The molecule has 1 aliphatic rings. The van der Waals surface area contributed by atoms with Gasteiger partial charge < -0.3 is 4.90 Å². The summed E-state index contributed by atoms with van der Waals surface area (Å²) >= 11 is 2.77. The molecular formula is C22H25N3O2S2. The average Bonchev–Trinajstić information content (AvgIpc) is 3.18. The number of aromatic nitrogens is 2. The van der Waals surface area contributed by atoms with Crippen LogP contribution in [0.5, 0.6) is 0 Å². The largest absolute Gasteiger partial charge is 0.339 e. The van der Waals surface area contributed by atoms with Crippen molar-refractivity contribution in [1.29, 1.82) is 0 Å². The highest BCUT2D eigenvalue weighted by Crippen LogP contribution is 2.27. The molecule has 0 bridgehead atoms. The Kier molecular flexibility index (Phi) is 5.79. The number of carbonyl (C=O) groups is 1. The Morgan fingerprint density at radius 3 is 2.90 bits per heavy atom. The van der Waals surface area contributed by atoms with Gasteiger partial charge in [-0.25, -0.2) is 4.98 Å². The van der Waals surface area contributed by atoms with Gasteiger partial charge >= 0.3 is 0 Å². The third kappa shape index (κ3) is 3.85. The van der Waals surface area contributed by atoms with Crippen LogP contribution in [0.15, 0.2) is 39.6 Å². The van der Waals surface area contributed by atoms with E-state index in [1.54, 1.807) is 4.57 Å². The second kappa shape index (κ2) is 8.32. The van der Waals surface area contributed by atoms with E-state index in [0.717, 1.165) is 36.2 Å². The summed E-state index contributed by atoms with van der Waals surface area (Å²) in [6.07, 6.45) is 3.30. The Labute approximate surface area is 178 Å². The van der Waals surface area contributed by atoms with E-state index in [2.05, 4.69) is 6.92 Å². The lowest BCUT2D eigenvalue weighted by Gasteiger charge is -2.33. The zero-order valence-electron chi connectivity index (χ0n) is 17.0. The molecule has 1 fully saturated rings. The molecule has 0 aliphatic carbocycles. The number of piperidine rings is 1. The zero-order valence-corrected chi connectivity index (χ0v) is 18.6. The summed E-state index contributed by atoms with van der Waals surface area (Å²) in [5, 5.41) is 2.47. The zero-order chi connectivity index (χ0) is 20.5. The summed E-state index contributed by atoms with van der Waals surface area (Å²) in [5.41, 5.74) is 3.63. The topological polar surface area (TPSA) is 55.2 Å².